The molecule has 0 aliphatic carbocycles. The van der Waals surface area contributed by atoms with Gasteiger partial charge in [-0.05, 0) is 49.9 Å². The summed E-state index contributed by atoms with van der Waals surface area (Å²) in [4.78, 5) is 27.9. The first-order valence-electron chi connectivity index (χ1n) is 9.29. The van der Waals surface area contributed by atoms with Gasteiger partial charge in [0.2, 0.25) is 5.91 Å². The second kappa shape index (κ2) is 7.15. The van der Waals surface area contributed by atoms with Crippen molar-refractivity contribution >= 4 is 11.9 Å². The summed E-state index contributed by atoms with van der Waals surface area (Å²) in [5.41, 5.74) is 1.05. The molecule has 26 heavy (non-hydrogen) atoms. The summed E-state index contributed by atoms with van der Waals surface area (Å²) in [6.45, 7) is 2.66. The van der Waals surface area contributed by atoms with Crippen molar-refractivity contribution in [2.75, 3.05) is 32.8 Å². The molecule has 3 aliphatic heterocycles. The van der Waals surface area contributed by atoms with Crippen LogP contribution in [0.25, 0.3) is 0 Å². The molecule has 2 atom stereocenters. The Bertz CT molecular complexity index is 707. The van der Waals surface area contributed by atoms with Crippen LogP contribution in [-0.4, -0.2) is 65.7 Å². The van der Waals surface area contributed by atoms with E-state index < -0.39 is 12.0 Å². The number of likely N-dealkylation sites (tertiary alicyclic amines) is 2. The second-order valence-corrected chi connectivity index (χ2v) is 7.11. The molecule has 1 N–H and O–H groups in total. The van der Waals surface area contributed by atoms with Crippen molar-refractivity contribution in [1.29, 1.82) is 0 Å². The molecular weight excluding hydrogens is 336 g/mol. The number of hydrogen-bond donors (Lipinski definition) is 1. The van der Waals surface area contributed by atoms with Gasteiger partial charge in [0.05, 0.1) is 12.6 Å². The van der Waals surface area contributed by atoms with Crippen LogP contribution in [0.2, 0.25) is 0 Å². The Kier molecular flexibility index (Phi) is 4.72. The van der Waals surface area contributed by atoms with Crippen molar-refractivity contribution < 1.29 is 24.2 Å². The van der Waals surface area contributed by atoms with Crippen LogP contribution in [0.5, 0.6) is 11.5 Å². The number of fused-ring (bicyclic) bond motifs is 1. The van der Waals surface area contributed by atoms with Gasteiger partial charge in [-0.2, -0.15) is 0 Å². The van der Waals surface area contributed by atoms with Gasteiger partial charge in [-0.25, -0.2) is 0 Å². The SMILES string of the molecule is O=C(O)C1CCCN1CC(=O)N1CCCC1c1ccc2c(c1)OCCO2. The van der Waals surface area contributed by atoms with Crippen molar-refractivity contribution in [3.05, 3.63) is 23.8 Å². The molecule has 2 fully saturated rings. The zero-order valence-corrected chi connectivity index (χ0v) is 14.7. The highest BCUT2D eigenvalue weighted by molar-refractivity contribution is 5.81. The van der Waals surface area contributed by atoms with E-state index in [0.717, 1.165) is 36.3 Å². The number of aliphatic carboxylic acids is 1. The lowest BCUT2D eigenvalue weighted by molar-refractivity contribution is -0.143. The first-order valence-corrected chi connectivity index (χ1v) is 9.29. The van der Waals surface area contributed by atoms with E-state index in [2.05, 4.69) is 0 Å². The van der Waals surface area contributed by atoms with Crippen molar-refractivity contribution in [2.45, 2.75) is 37.8 Å². The van der Waals surface area contributed by atoms with E-state index in [0.29, 0.717) is 32.7 Å². The topological polar surface area (TPSA) is 79.3 Å². The quantitative estimate of drug-likeness (QED) is 0.880. The number of carbonyl (C=O) groups excluding carboxylic acids is 1. The number of amides is 1. The minimum Gasteiger partial charge on any atom is -0.486 e. The molecule has 7 nitrogen and oxygen atoms in total. The van der Waals surface area contributed by atoms with Gasteiger partial charge in [0.1, 0.15) is 19.3 Å². The highest BCUT2D eigenvalue weighted by Gasteiger charge is 2.36. The maximum Gasteiger partial charge on any atom is 0.320 e. The van der Waals surface area contributed by atoms with Gasteiger partial charge in [0.25, 0.3) is 0 Å². The standard InChI is InChI=1S/C19H24N2O5/c22-18(12-20-7-1-4-15(20)19(23)24)21-8-2-3-14(21)13-5-6-16-17(11-13)26-10-9-25-16/h5-6,11,14-15H,1-4,7-10,12H2,(H,23,24). The largest absolute Gasteiger partial charge is 0.486 e. The van der Waals surface area contributed by atoms with Crippen LogP contribution >= 0.6 is 0 Å². The maximum atomic E-state index is 12.9. The molecule has 3 aliphatic rings. The fourth-order valence-corrected chi connectivity index (χ4v) is 4.24. The van der Waals surface area contributed by atoms with Crippen molar-refractivity contribution in [2.24, 2.45) is 0 Å². The number of rotatable bonds is 4. The fraction of sp³-hybridized carbons (Fsp3) is 0.579. The van der Waals surface area contributed by atoms with E-state index in [-0.39, 0.29) is 18.5 Å². The normalized spacial score (nSPS) is 25.5. The summed E-state index contributed by atoms with van der Waals surface area (Å²) < 4.78 is 11.2. The third-order valence-corrected chi connectivity index (χ3v) is 5.51. The van der Waals surface area contributed by atoms with Gasteiger partial charge >= 0.3 is 5.97 Å². The smallest absolute Gasteiger partial charge is 0.320 e. The molecule has 1 aromatic rings. The predicted octanol–water partition coefficient (Wildman–Crippen LogP) is 1.67. The Morgan fingerprint density at radius 2 is 1.85 bits per heavy atom. The van der Waals surface area contributed by atoms with Gasteiger partial charge in [-0.1, -0.05) is 6.07 Å². The molecule has 2 unspecified atom stereocenters. The summed E-state index contributed by atoms with van der Waals surface area (Å²) >= 11 is 0. The molecule has 4 rings (SSSR count). The number of hydrogen-bond acceptors (Lipinski definition) is 5. The Balaban J connectivity index is 1.48. The molecule has 7 heteroatoms. The number of carbonyl (C=O) groups is 2. The number of carboxylic acids is 1. The summed E-state index contributed by atoms with van der Waals surface area (Å²) in [5, 5.41) is 9.31. The number of benzene rings is 1. The average molecular weight is 360 g/mol. The fourth-order valence-electron chi connectivity index (χ4n) is 4.24. The molecule has 0 radical (unpaired) electrons. The van der Waals surface area contributed by atoms with E-state index in [4.69, 9.17) is 9.47 Å². The Hall–Kier alpha value is -2.28. The molecule has 0 spiro atoms. The first kappa shape index (κ1) is 17.1. The molecular formula is C19H24N2O5. The molecule has 1 aromatic carbocycles. The van der Waals surface area contributed by atoms with Crippen LogP contribution in [0, 0.1) is 0 Å². The lowest BCUT2D eigenvalue weighted by Crippen LogP contribution is -2.44. The van der Waals surface area contributed by atoms with E-state index >= 15 is 0 Å². The Labute approximate surface area is 152 Å². The Morgan fingerprint density at radius 3 is 2.65 bits per heavy atom. The van der Waals surface area contributed by atoms with Crippen LogP contribution in [0.15, 0.2) is 18.2 Å². The third-order valence-electron chi connectivity index (χ3n) is 5.51. The highest BCUT2D eigenvalue weighted by Crippen LogP contribution is 2.38. The van der Waals surface area contributed by atoms with E-state index in [1.807, 2.05) is 23.1 Å². The predicted molar refractivity (Wildman–Crippen MR) is 93.4 cm³/mol. The van der Waals surface area contributed by atoms with Crippen LogP contribution in [0.1, 0.15) is 37.3 Å². The van der Waals surface area contributed by atoms with Crippen LogP contribution < -0.4 is 9.47 Å². The van der Waals surface area contributed by atoms with Crippen molar-refractivity contribution in [1.82, 2.24) is 9.80 Å². The molecule has 0 aromatic heterocycles. The lowest BCUT2D eigenvalue weighted by Gasteiger charge is -2.29. The first-order chi connectivity index (χ1) is 12.6. The number of ether oxygens (including phenoxy) is 2. The van der Waals surface area contributed by atoms with Gasteiger partial charge in [0.15, 0.2) is 11.5 Å². The summed E-state index contributed by atoms with van der Waals surface area (Å²) in [6.07, 6.45) is 3.31. The molecule has 0 bridgehead atoms. The molecule has 140 valence electrons. The van der Waals surface area contributed by atoms with Gasteiger partial charge in [-0.15, -0.1) is 0 Å². The third kappa shape index (κ3) is 3.23. The highest BCUT2D eigenvalue weighted by atomic mass is 16.6. The van der Waals surface area contributed by atoms with Crippen LogP contribution in [0.4, 0.5) is 0 Å². The minimum absolute atomic E-state index is 0.00976. The second-order valence-electron chi connectivity index (χ2n) is 7.11. The zero-order chi connectivity index (χ0) is 18.1. The monoisotopic (exact) mass is 360 g/mol. The average Bonchev–Trinajstić information content (AvgIpc) is 3.30. The van der Waals surface area contributed by atoms with E-state index in [1.54, 1.807) is 4.90 Å². The number of carboxylic acid groups (broad SMARTS) is 1. The molecule has 1 amide bonds. The van der Waals surface area contributed by atoms with Gasteiger partial charge < -0.3 is 19.5 Å². The molecule has 2 saturated heterocycles. The van der Waals surface area contributed by atoms with E-state index in [1.165, 1.54) is 0 Å². The van der Waals surface area contributed by atoms with Gasteiger partial charge in [0, 0.05) is 6.54 Å². The zero-order valence-electron chi connectivity index (χ0n) is 14.7. The Morgan fingerprint density at radius 1 is 1.08 bits per heavy atom. The van der Waals surface area contributed by atoms with Crippen molar-refractivity contribution in [3.8, 4) is 11.5 Å². The molecule has 3 heterocycles. The summed E-state index contributed by atoms with van der Waals surface area (Å²) in [5.74, 6) is 0.659. The van der Waals surface area contributed by atoms with E-state index in [9.17, 15) is 14.7 Å². The van der Waals surface area contributed by atoms with Crippen LogP contribution in [-0.2, 0) is 9.59 Å². The number of nitrogens with zero attached hydrogens (tertiary/aromatic N) is 2. The minimum atomic E-state index is -0.833. The summed E-state index contributed by atoms with van der Waals surface area (Å²) in [7, 11) is 0. The molecule has 0 saturated carbocycles. The lowest BCUT2D eigenvalue weighted by atomic mass is 10.0. The summed E-state index contributed by atoms with van der Waals surface area (Å²) in [6, 6.07) is 5.37. The maximum absolute atomic E-state index is 12.9. The van der Waals surface area contributed by atoms with Crippen LogP contribution in [0.3, 0.4) is 0 Å². The van der Waals surface area contributed by atoms with Crippen molar-refractivity contribution in [3.63, 3.8) is 0 Å². The van der Waals surface area contributed by atoms with Gasteiger partial charge in [-0.3, -0.25) is 14.5 Å².